The molecule has 2 heterocycles. The van der Waals surface area contributed by atoms with Crippen LogP contribution in [0.1, 0.15) is 39.0 Å². The number of hydrogen-bond acceptors (Lipinski definition) is 7. The van der Waals surface area contributed by atoms with E-state index in [0.29, 0.717) is 22.8 Å². The van der Waals surface area contributed by atoms with E-state index < -0.39 is 30.0 Å². The lowest BCUT2D eigenvalue weighted by Gasteiger charge is -2.20. The zero-order chi connectivity index (χ0) is 21.0. The van der Waals surface area contributed by atoms with Crippen molar-refractivity contribution in [2.24, 2.45) is 0 Å². The molecule has 3 amide bonds. The van der Waals surface area contributed by atoms with Crippen LogP contribution in [0.2, 0.25) is 5.02 Å². The van der Waals surface area contributed by atoms with Crippen LogP contribution in [0.25, 0.3) is 11.4 Å². The Bertz CT molecular complexity index is 914. The molecule has 1 aromatic carbocycles. The summed E-state index contributed by atoms with van der Waals surface area (Å²) in [4.78, 5) is 41.7. The Labute approximate surface area is 172 Å². The van der Waals surface area contributed by atoms with Crippen LogP contribution in [0.5, 0.6) is 0 Å². The normalized spacial score (nSPS) is 18.8. The van der Waals surface area contributed by atoms with E-state index in [2.05, 4.69) is 15.5 Å². The van der Waals surface area contributed by atoms with E-state index in [0.717, 1.165) is 17.7 Å². The number of unbranched alkanes of at least 4 members (excludes halogenated alkanes) is 1. The smallest absolute Gasteiger partial charge is 0.326 e. The van der Waals surface area contributed by atoms with Gasteiger partial charge in [0.05, 0.1) is 0 Å². The van der Waals surface area contributed by atoms with Gasteiger partial charge in [-0.15, -0.1) is 0 Å². The zero-order valence-electron chi connectivity index (χ0n) is 16.1. The highest BCUT2D eigenvalue weighted by Crippen LogP contribution is 2.23. The number of rotatable bonds is 8. The second-order valence-corrected chi connectivity index (χ2v) is 7.37. The van der Waals surface area contributed by atoms with E-state index in [9.17, 15) is 14.4 Å². The van der Waals surface area contributed by atoms with Crippen molar-refractivity contribution in [3.63, 3.8) is 0 Å². The van der Waals surface area contributed by atoms with Gasteiger partial charge in [0.15, 0.2) is 6.61 Å². The Balaban J connectivity index is 1.54. The summed E-state index contributed by atoms with van der Waals surface area (Å²) in [7, 11) is 0. The van der Waals surface area contributed by atoms with Gasteiger partial charge in [0.25, 0.3) is 11.8 Å². The average molecular weight is 421 g/mol. The van der Waals surface area contributed by atoms with Crippen LogP contribution in [0.3, 0.4) is 0 Å². The molecule has 0 bridgehead atoms. The summed E-state index contributed by atoms with van der Waals surface area (Å²) in [5.74, 6) is -0.767. The first kappa shape index (κ1) is 20.8. The molecule has 0 radical (unpaired) electrons. The third kappa shape index (κ3) is 4.73. The first-order valence-corrected chi connectivity index (χ1v) is 9.58. The molecule has 29 heavy (non-hydrogen) atoms. The van der Waals surface area contributed by atoms with Crippen LogP contribution in [-0.4, -0.2) is 45.0 Å². The van der Waals surface area contributed by atoms with Gasteiger partial charge in [-0.05, 0) is 37.6 Å². The van der Waals surface area contributed by atoms with E-state index in [4.69, 9.17) is 20.9 Å². The first-order chi connectivity index (χ1) is 13.8. The number of carbonyl (C=O) groups excluding carboxylic acids is 3. The Hall–Kier alpha value is -2.94. The summed E-state index contributed by atoms with van der Waals surface area (Å²) < 4.78 is 10.1. The number of halogens is 1. The van der Waals surface area contributed by atoms with E-state index in [1.54, 1.807) is 31.2 Å². The Morgan fingerprint density at radius 3 is 2.72 bits per heavy atom. The number of ether oxygens (including phenoxy) is 1. The number of nitrogens with one attached hydrogen (secondary N) is 1. The summed E-state index contributed by atoms with van der Waals surface area (Å²) >= 11 is 5.84. The number of esters is 1. The van der Waals surface area contributed by atoms with Gasteiger partial charge in [0.2, 0.25) is 5.82 Å². The number of urea groups is 1. The number of aromatic nitrogens is 2. The lowest BCUT2D eigenvalue weighted by Crippen LogP contribution is -2.44. The van der Waals surface area contributed by atoms with Crippen LogP contribution in [-0.2, 0) is 20.9 Å². The molecule has 0 spiro atoms. The number of benzene rings is 1. The second kappa shape index (κ2) is 8.60. The van der Waals surface area contributed by atoms with Gasteiger partial charge in [-0.1, -0.05) is 36.5 Å². The summed E-state index contributed by atoms with van der Waals surface area (Å²) in [6.45, 7) is 2.90. The maximum Gasteiger partial charge on any atom is 0.326 e. The summed E-state index contributed by atoms with van der Waals surface area (Å²) in [6, 6.07) is 6.25. The molecule has 0 unspecified atom stereocenters. The van der Waals surface area contributed by atoms with Gasteiger partial charge in [-0.2, -0.15) is 4.98 Å². The minimum Gasteiger partial charge on any atom is -0.454 e. The molecule has 2 aromatic rings. The number of carbonyl (C=O) groups is 3. The van der Waals surface area contributed by atoms with Crippen LogP contribution >= 0.6 is 11.6 Å². The topological polar surface area (TPSA) is 115 Å². The van der Waals surface area contributed by atoms with Gasteiger partial charge in [-0.25, -0.2) is 4.79 Å². The molecular weight excluding hydrogens is 400 g/mol. The predicted molar refractivity (Wildman–Crippen MR) is 103 cm³/mol. The van der Waals surface area contributed by atoms with E-state index in [1.807, 2.05) is 6.92 Å². The number of amides is 3. The molecule has 0 saturated carbocycles. The predicted octanol–water partition coefficient (Wildman–Crippen LogP) is 2.93. The fourth-order valence-electron chi connectivity index (χ4n) is 2.94. The average Bonchev–Trinajstić information content (AvgIpc) is 3.25. The number of imide groups is 1. The minimum absolute atomic E-state index is 0.0910. The number of hydrogen-bond donors (Lipinski definition) is 1. The molecule has 1 aliphatic heterocycles. The van der Waals surface area contributed by atoms with Crippen molar-refractivity contribution in [3.05, 3.63) is 35.2 Å². The van der Waals surface area contributed by atoms with Gasteiger partial charge in [0, 0.05) is 10.6 Å². The minimum atomic E-state index is -0.993. The Morgan fingerprint density at radius 2 is 2.03 bits per heavy atom. The molecule has 1 N–H and O–H groups in total. The third-order valence-corrected chi connectivity index (χ3v) is 4.84. The summed E-state index contributed by atoms with van der Waals surface area (Å²) in [5, 5.41) is 7.05. The maximum absolute atomic E-state index is 12.5. The summed E-state index contributed by atoms with van der Waals surface area (Å²) in [6.07, 6.45) is 2.19. The molecule has 3 rings (SSSR count). The molecule has 154 valence electrons. The van der Waals surface area contributed by atoms with Gasteiger partial charge >= 0.3 is 12.0 Å². The lowest BCUT2D eigenvalue weighted by molar-refractivity contribution is -0.149. The second-order valence-electron chi connectivity index (χ2n) is 6.94. The lowest BCUT2D eigenvalue weighted by atomic mass is 9.95. The zero-order valence-corrected chi connectivity index (χ0v) is 16.9. The van der Waals surface area contributed by atoms with Gasteiger partial charge in [-0.3, -0.25) is 14.5 Å². The molecule has 1 saturated heterocycles. The van der Waals surface area contributed by atoms with Crippen LogP contribution in [0, 0.1) is 0 Å². The van der Waals surface area contributed by atoms with Gasteiger partial charge in [0.1, 0.15) is 12.1 Å². The largest absolute Gasteiger partial charge is 0.454 e. The highest BCUT2D eigenvalue weighted by molar-refractivity contribution is 6.30. The number of nitrogens with zero attached hydrogens (tertiary/aromatic N) is 3. The SMILES string of the molecule is CCCC[C@@]1(C)NC(=O)N(CC(=O)OCc2nc(-c3ccc(Cl)cc3)no2)C1=O. The van der Waals surface area contributed by atoms with Crippen LogP contribution in [0.15, 0.2) is 28.8 Å². The molecule has 10 heteroatoms. The van der Waals surface area contributed by atoms with Gasteiger partial charge < -0.3 is 14.6 Å². The Morgan fingerprint density at radius 1 is 1.31 bits per heavy atom. The quantitative estimate of drug-likeness (QED) is 0.515. The summed E-state index contributed by atoms with van der Waals surface area (Å²) in [5.41, 5.74) is -0.297. The van der Waals surface area contributed by atoms with Crippen LogP contribution in [0.4, 0.5) is 4.79 Å². The molecule has 1 atom stereocenters. The van der Waals surface area contributed by atoms with E-state index in [1.165, 1.54) is 0 Å². The fraction of sp³-hybridized carbons (Fsp3) is 0.421. The van der Waals surface area contributed by atoms with Crippen molar-refractivity contribution < 1.29 is 23.6 Å². The molecule has 0 aliphatic carbocycles. The van der Waals surface area contributed by atoms with E-state index in [-0.39, 0.29) is 12.5 Å². The van der Waals surface area contributed by atoms with E-state index >= 15 is 0 Å². The Kier molecular flexibility index (Phi) is 6.17. The fourth-order valence-corrected chi connectivity index (χ4v) is 3.06. The standard InChI is InChI=1S/C19H21ClN4O5/c1-3-4-9-19(2)17(26)24(18(27)22-19)10-15(25)28-11-14-21-16(23-29-14)12-5-7-13(20)8-6-12/h5-8H,3-4,9-11H2,1-2H3,(H,22,27)/t19-/m1/s1. The van der Waals surface area contributed by atoms with Crippen molar-refractivity contribution >= 4 is 29.5 Å². The monoisotopic (exact) mass is 420 g/mol. The van der Waals surface area contributed by atoms with Crippen molar-refractivity contribution in [2.75, 3.05) is 6.54 Å². The van der Waals surface area contributed by atoms with Crippen molar-refractivity contribution in [2.45, 2.75) is 45.3 Å². The molecule has 1 aromatic heterocycles. The van der Waals surface area contributed by atoms with Crippen molar-refractivity contribution in [1.82, 2.24) is 20.4 Å². The maximum atomic E-state index is 12.5. The van der Waals surface area contributed by atoms with Crippen LogP contribution < -0.4 is 5.32 Å². The highest BCUT2D eigenvalue weighted by Gasteiger charge is 2.47. The molecule has 1 fully saturated rings. The van der Waals surface area contributed by atoms with Crippen molar-refractivity contribution in [1.29, 1.82) is 0 Å². The molecule has 1 aliphatic rings. The molecule has 9 nitrogen and oxygen atoms in total. The molecular formula is C19H21ClN4O5. The third-order valence-electron chi connectivity index (χ3n) is 4.59. The van der Waals surface area contributed by atoms with Crippen molar-refractivity contribution in [3.8, 4) is 11.4 Å². The first-order valence-electron chi connectivity index (χ1n) is 9.20. The highest BCUT2D eigenvalue weighted by atomic mass is 35.5.